The second-order valence-corrected chi connectivity index (χ2v) is 19.0. The summed E-state index contributed by atoms with van der Waals surface area (Å²) in [5, 5.41) is 34.4. The number of amides is 7. The molecule has 0 radical (unpaired) electrons. The molecule has 8 atom stereocenters. The Morgan fingerprint density at radius 2 is 1.16 bits per heavy atom. The Morgan fingerprint density at radius 3 is 1.73 bits per heavy atom. The van der Waals surface area contributed by atoms with Crippen molar-refractivity contribution in [1.82, 2.24) is 41.3 Å². The summed E-state index contributed by atoms with van der Waals surface area (Å²) in [6, 6.07) is 10.1. The Labute approximate surface area is 436 Å². The van der Waals surface area contributed by atoms with E-state index in [0.29, 0.717) is 76.6 Å². The van der Waals surface area contributed by atoms with E-state index in [1.54, 1.807) is 30.3 Å². The molecule has 3 aliphatic heterocycles. The van der Waals surface area contributed by atoms with E-state index in [2.05, 4.69) is 36.6 Å². The Bertz CT molecular complexity index is 2320. The van der Waals surface area contributed by atoms with Gasteiger partial charge in [-0.15, -0.1) is 0 Å². The number of benzene rings is 2. The summed E-state index contributed by atoms with van der Waals surface area (Å²) in [4.78, 5) is 121. The lowest BCUT2D eigenvalue weighted by molar-refractivity contribution is -0.147. The Morgan fingerprint density at radius 1 is 0.627 bits per heavy atom. The standard InChI is InChI=1S/C50H75N15O10/c51-34(16-7-21-56-49(52)53)45(71)65-25-11-20-40(65)47(73)64-24-9-18-38(64)43(69)59-29-41(67)60-33(26-31-12-3-1-4-13-31)28-58-37(30-66)46(72)63-23-10-19-39(63)44(70)62-36(27-32-14-5-2-6-15-32)42(68)61-35(48(74)75)17-8-22-57-50(54)55/h1-6,12-15,33-40,58,66H,7-11,16-30,51H2,(H,59,69)(H,60,67)(H,61,68)(H,62,70)(H,74,75)(H4,52,53,56)(H4,54,55,57). The number of aliphatic hydroxyl groups excluding tert-OH is 1. The van der Waals surface area contributed by atoms with Crippen LogP contribution in [0.2, 0.25) is 0 Å². The molecular weight excluding hydrogens is 971 g/mol. The fourth-order valence-electron chi connectivity index (χ4n) is 9.65. The molecule has 0 saturated carbocycles. The minimum absolute atomic E-state index is 0.00813. The summed E-state index contributed by atoms with van der Waals surface area (Å²) in [7, 11) is 0. The summed E-state index contributed by atoms with van der Waals surface area (Å²) in [5.74, 6) is -5.27. The van der Waals surface area contributed by atoms with Crippen molar-refractivity contribution in [3.63, 3.8) is 0 Å². The van der Waals surface area contributed by atoms with Gasteiger partial charge in [0.15, 0.2) is 11.9 Å². The van der Waals surface area contributed by atoms with E-state index in [4.69, 9.17) is 28.7 Å². The number of nitrogens with two attached hydrogens (primary N) is 5. The number of aliphatic imine (C=N–C) groups is 2. The van der Waals surface area contributed by atoms with Gasteiger partial charge in [-0.05, 0) is 81.8 Å². The van der Waals surface area contributed by atoms with Crippen LogP contribution >= 0.6 is 0 Å². The molecule has 0 bridgehead atoms. The maximum absolute atomic E-state index is 14.1. The third-order valence-corrected chi connectivity index (χ3v) is 13.5. The molecule has 2 aromatic carbocycles. The number of carbonyl (C=O) groups excluding carboxylic acids is 7. The van der Waals surface area contributed by atoms with Gasteiger partial charge in [0.1, 0.15) is 36.3 Å². The lowest BCUT2D eigenvalue weighted by atomic mass is 10.0. The minimum atomic E-state index is -1.31. The van der Waals surface area contributed by atoms with E-state index in [1.165, 1.54) is 14.7 Å². The van der Waals surface area contributed by atoms with Crippen molar-refractivity contribution in [2.24, 2.45) is 38.7 Å². The van der Waals surface area contributed by atoms with Gasteiger partial charge in [0.25, 0.3) is 0 Å². The molecule has 7 amide bonds. The van der Waals surface area contributed by atoms with Gasteiger partial charge in [0.2, 0.25) is 41.4 Å². The molecule has 3 fully saturated rings. The third kappa shape index (κ3) is 17.9. The molecule has 3 saturated heterocycles. The molecule has 0 aliphatic carbocycles. The van der Waals surface area contributed by atoms with Crippen molar-refractivity contribution in [1.29, 1.82) is 0 Å². The van der Waals surface area contributed by atoms with Crippen LogP contribution in [0.4, 0.5) is 0 Å². The van der Waals surface area contributed by atoms with Crippen molar-refractivity contribution in [2.75, 3.05) is 52.4 Å². The SMILES string of the molecule is NC(N)=NCCCC(N)C(=O)N1CCCC1C(=O)N1CCCC1C(=O)NCC(=O)NC(CNC(CO)C(=O)N1CCCC1C(=O)NC(Cc1ccccc1)C(=O)NC(CCCN=C(N)N)C(=O)O)Cc1ccccc1. The fraction of sp³-hybridized carbons (Fsp3) is 0.560. The van der Waals surface area contributed by atoms with Crippen molar-refractivity contribution < 1.29 is 48.6 Å². The van der Waals surface area contributed by atoms with Gasteiger partial charge in [-0.3, -0.25) is 43.5 Å². The molecule has 25 nitrogen and oxygen atoms in total. The molecular formula is C50H75N15O10. The normalized spacial score (nSPS) is 19.2. The summed E-state index contributed by atoms with van der Waals surface area (Å²) in [6.07, 6.45) is 3.98. The van der Waals surface area contributed by atoms with Crippen LogP contribution < -0.4 is 55.3 Å². The maximum atomic E-state index is 14.1. The van der Waals surface area contributed by atoms with E-state index in [-0.39, 0.29) is 69.1 Å². The number of nitrogens with zero attached hydrogens (tertiary/aromatic N) is 5. The second-order valence-electron chi connectivity index (χ2n) is 19.0. The van der Waals surface area contributed by atoms with Crippen molar-refractivity contribution in [2.45, 2.75) is 125 Å². The molecule has 410 valence electrons. The van der Waals surface area contributed by atoms with Crippen LogP contribution in [0.5, 0.6) is 0 Å². The number of nitrogens with one attached hydrogen (secondary N) is 5. The highest BCUT2D eigenvalue weighted by molar-refractivity contribution is 5.96. The number of rotatable bonds is 28. The van der Waals surface area contributed by atoms with Gasteiger partial charge >= 0.3 is 5.97 Å². The van der Waals surface area contributed by atoms with Gasteiger partial charge in [0.05, 0.1) is 19.2 Å². The number of carbonyl (C=O) groups is 8. The number of guanidine groups is 2. The summed E-state index contributed by atoms with van der Waals surface area (Å²) >= 11 is 0. The van der Waals surface area contributed by atoms with Crippen LogP contribution in [-0.2, 0) is 51.2 Å². The maximum Gasteiger partial charge on any atom is 0.326 e. The van der Waals surface area contributed by atoms with Crippen LogP contribution in [0.25, 0.3) is 0 Å². The van der Waals surface area contributed by atoms with E-state index < -0.39 is 97.0 Å². The van der Waals surface area contributed by atoms with E-state index in [0.717, 1.165) is 5.56 Å². The molecule has 75 heavy (non-hydrogen) atoms. The Kier molecular flexibility index (Phi) is 23.0. The first kappa shape index (κ1) is 58.5. The molecule has 3 aliphatic rings. The van der Waals surface area contributed by atoms with Crippen molar-refractivity contribution in [3.8, 4) is 0 Å². The number of likely N-dealkylation sites (tertiary alicyclic amines) is 3. The minimum Gasteiger partial charge on any atom is -0.480 e. The third-order valence-electron chi connectivity index (χ3n) is 13.5. The van der Waals surface area contributed by atoms with Gasteiger partial charge in [0, 0.05) is 51.7 Å². The molecule has 17 N–H and O–H groups in total. The monoisotopic (exact) mass is 1050 g/mol. The highest BCUT2D eigenvalue weighted by Crippen LogP contribution is 2.26. The lowest BCUT2D eigenvalue weighted by Crippen LogP contribution is -2.58. The summed E-state index contributed by atoms with van der Waals surface area (Å²) in [6.45, 7) is 0.161. The molecule has 25 heteroatoms. The number of carboxylic acid groups (broad SMARTS) is 1. The fourth-order valence-corrected chi connectivity index (χ4v) is 9.65. The number of aliphatic hydroxyl groups is 1. The summed E-state index contributed by atoms with van der Waals surface area (Å²) in [5.41, 5.74) is 29.3. The van der Waals surface area contributed by atoms with Gasteiger partial charge in [-0.1, -0.05) is 60.7 Å². The molecule has 2 aromatic rings. The largest absolute Gasteiger partial charge is 0.480 e. The molecule has 0 spiro atoms. The Balaban J connectivity index is 1.18. The van der Waals surface area contributed by atoms with Crippen molar-refractivity contribution in [3.05, 3.63) is 71.8 Å². The lowest BCUT2D eigenvalue weighted by Gasteiger charge is -2.32. The topological polar surface area (TPSA) is 402 Å². The van der Waals surface area contributed by atoms with Crippen LogP contribution in [0.15, 0.2) is 70.6 Å². The first-order chi connectivity index (χ1) is 36.0. The smallest absolute Gasteiger partial charge is 0.326 e. The number of hydrogen-bond acceptors (Lipinski definition) is 13. The molecule has 0 aromatic heterocycles. The van der Waals surface area contributed by atoms with Gasteiger partial charge in [-0.2, -0.15) is 0 Å². The average molecular weight is 1050 g/mol. The van der Waals surface area contributed by atoms with Gasteiger partial charge in [-0.25, -0.2) is 4.79 Å². The first-order valence-electron chi connectivity index (χ1n) is 25.6. The quantitative estimate of drug-likeness (QED) is 0.0223. The Hall–Kier alpha value is -7.38. The average Bonchev–Trinajstić information content (AvgIpc) is 4.20. The van der Waals surface area contributed by atoms with Crippen LogP contribution in [0, 0.1) is 0 Å². The second kappa shape index (κ2) is 29.5. The highest BCUT2D eigenvalue weighted by Gasteiger charge is 2.43. The van der Waals surface area contributed by atoms with E-state index >= 15 is 0 Å². The predicted octanol–water partition coefficient (Wildman–Crippen LogP) is -3.52. The number of hydrogen-bond donors (Lipinski definition) is 12. The molecule has 3 heterocycles. The van der Waals surface area contributed by atoms with Crippen LogP contribution in [0.1, 0.15) is 75.3 Å². The zero-order valence-electron chi connectivity index (χ0n) is 42.3. The van der Waals surface area contributed by atoms with E-state index in [9.17, 15) is 48.6 Å². The van der Waals surface area contributed by atoms with Gasteiger partial charge < -0.3 is 80.2 Å². The highest BCUT2D eigenvalue weighted by atomic mass is 16.4. The molecule has 8 unspecified atom stereocenters. The van der Waals surface area contributed by atoms with Crippen LogP contribution in [0.3, 0.4) is 0 Å². The predicted molar refractivity (Wildman–Crippen MR) is 278 cm³/mol. The van der Waals surface area contributed by atoms with E-state index in [1.807, 2.05) is 30.3 Å². The zero-order chi connectivity index (χ0) is 54.4. The number of aliphatic carboxylic acids is 1. The summed E-state index contributed by atoms with van der Waals surface area (Å²) < 4.78 is 0. The zero-order valence-corrected chi connectivity index (χ0v) is 42.3. The van der Waals surface area contributed by atoms with Crippen LogP contribution in [-0.4, -0.2) is 185 Å². The molecule has 5 rings (SSSR count). The van der Waals surface area contributed by atoms with Crippen molar-refractivity contribution >= 4 is 59.2 Å². The first-order valence-corrected chi connectivity index (χ1v) is 25.6. The number of carboxylic acids is 1.